The molecule has 0 unspecified atom stereocenters. The van der Waals surface area contributed by atoms with Crippen molar-refractivity contribution in [2.24, 2.45) is 0 Å². The van der Waals surface area contributed by atoms with Crippen LogP contribution in [0.5, 0.6) is 5.75 Å². The first-order valence-corrected chi connectivity index (χ1v) is 10.2. The Morgan fingerprint density at radius 1 is 1.04 bits per heavy atom. The molecular weight excluding hydrogens is 352 g/mol. The van der Waals surface area contributed by atoms with Crippen molar-refractivity contribution in [3.8, 4) is 5.75 Å². The smallest absolute Gasteiger partial charge is 0.263 e. The summed E-state index contributed by atoms with van der Waals surface area (Å²) < 4.78 is 32.8. The highest BCUT2D eigenvalue weighted by Gasteiger charge is 2.19. The number of aryl methyl sites for hydroxylation is 1. The summed E-state index contributed by atoms with van der Waals surface area (Å²) in [5.74, 6) is 1.47. The van der Waals surface area contributed by atoms with Gasteiger partial charge in [-0.25, -0.2) is 8.42 Å². The lowest BCUT2D eigenvalue weighted by molar-refractivity contribution is 0.414. The number of hydrogen-bond acceptors (Lipinski definition) is 6. The fourth-order valence-corrected chi connectivity index (χ4v) is 4.39. The van der Waals surface area contributed by atoms with Gasteiger partial charge in [-0.1, -0.05) is 19.3 Å². The molecule has 7 nitrogen and oxygen atoms in total. The van der Waals surface area contributed by atoms with Gasteiger partial charge in [-0.15, -0.1) is 10.2 Å². The van der Waals surface area contributed by atoms with Gasteiger partial charge < -0.3 is 10.1 Å². The van der Waals surface area contributed by atoms with E-state index in [-0.39, 0.29) is 10.7 Å². The molecule has 1 aromatic carbocycles. The topological polar surface area (TPSA) is 93.2 Å². The Kier molecular flexibility index (Phi) is 5.61. The molecule has 2 N–H and O–H groups in total. The van der Waals surface area contributed by atoms with Crippen molar-refractivity contribution < 1.29 is 13.2 Å². The van der Waals surface area contributed by atoms with Crippen LogP contribution in [0.3, 0.4) is 0 Å². The van der Waals surface area contributed by atoms with Gasteiger partial charge in [-0.2, -0.15) is 0 Å². The molecule has 1 aliphatic rings. The minimum Gasteiger partial charge on any atom is -0.497 e. The van der Waals surface area contributed by atoms with Gasteiger partial charge in [0.1, 0.15) is 11.6 Å². The Morgan fingerprint density at radius 3 is 2.35 bits per heavy atom. The molecule has 8 heteroatoms. The van der Waals surface area contributed by atoms with Crippen molar-refractivity contribution in [2.75, 3.05) is 17.1 Å². The summed E-state index contributed by atoms with van der Waals surface area (Å²) in [5.41, 5.74) is 0.598. The second-order valence-corrected chi connectivity index (χ2v) is 8.17. The predicted molar refractivity (Wildman–Crippen MR) is 101 cm³/mol. The van der Waals surface area contributed by atoms with E-state index in [4.69, 9.17) is 4.74 Å². The van der Waals surface area contributed by atoms with Gasteiger partial charge in [0.2, 0.25) is 0 Å². The third-order valence-corrected chi connectivity index (χ3v) is 6.05. The van der Waals surface area contributed by atoms with Crippen molar-refractivity contribution >= 4 is 21.7 Å². The van der Waals surface area contributed by atoms with Crippen LogP contribution in [0.4, 0.5) is 11.6 Å². The number of nitrogens with one attached hydrogen (secondary N) is 2. The fourth-order valence-electron chi connectivity index (χ4n) is 3.16. The average molecular weight is 376 g/mol. The minimum atomic E-state index is -3.74. The van der Waals surface area contributed by atoms with Crippen molar-refractivity contribution in [1.82, 2.24) is 10.2 Å². The maximum atomic E-state index is 12.6. The number of anilines is 2. The molecule has 140 valence electrons. The van der Waals surface area contributed by atoms with Gasteiger partial charge in [0.15, 0.2) is 5.82 Å². The van der Waals surface area contributed by atoms with Gasteiger partial charge in [0.05, 0.1) is 12.0 Å². The Bertz CT molecular complexity index is 847. The number of rotatable bonds is 6. The van der Waals surface area contributed by atoms with Crippen molar-refractivity contribution in [1.29, 1.82) is 0 Å². The summed E-state index contributed by atoms with van der Waals surface area (Å²) >= 11 is 0. The predicted octanol–water partition coefficient (Wildman–Crippen LogP) is 3.34. The summed E-state index contributed by atoms with van der Waals surface area (Å²) in [7, 11) is -2.20. The van der Waals surface area contributed by atoms with Crippen LogP contribution in [-0.4, -0.2) is 31.8 Å². The summed E-state index contributed by atoms with van der Waals surface area (Å²) in [4.78, 5) is 0.185. The summed E-state index contributed by atoms with van der Waals surface area (Å²) in [6, 6.07) is 8.60. The van der Waals surface area contributed by atoms with Gasteiger partial charge in [-0.05, 0) is 55.7 Å². The summed E-state index contributed by atoms with van der Waals surface area (Å²) in [6.07, 6.45) is 6.00. The SMILES string of the molecule is COc1ccc(S(=O)(=O)Nc2ccc(NC3CCCCC3)nn2)c(C)c1. The standard InChI is InChI=1S/C18H24N4O3S/c1-13-12-15(25-2)8-9-16(13)26(23,24)22-18-11-10-17(20-21-18)19-14-6-4-3-5-7-14/h8-12,14H,3-7H2,1-2H3,(H,19,20)(H,21,22). The first-order valence-electron chi connectivity index (χ1n) is 8.76. The van der Waals surface area contributed by atoms with Crippen LogP contribution in [0, 0.1) is 6.92 Å². The maximum absolute atomic E-state index is 12.6. The number of hydrogen-bond donors (Lipinski definition) is 2. The normalized spacial score (nSPS) is 15.5. The van der Waals surface area contributed by atoms with Crippen molar-refractivity contribution in [3.05, 3.63) is 35.9 Å². The van der Waals surface area contributed by atoms with Gasteiger partial charge in [0.25, 0.3) is 10.0 Å². The van der Waals surface area contributed by atoms with Crippen LogP contribution in [0.1, 0.15) is 37.7 Å². The Labute approximate surface area is 154 Å². The zero-order valence-corrected chi connectivity index (χ0v) is 15.8. The van der Waals surface area contributed by atoms with Crippen LogP contribution in [0.25, 0.3) is 0 Å². The van der Waals surface area contributed by atoms with Crippen molar-refractivity contribution in [3.63, 3.8) is 0 Å². The number of sulfonamides is 1. The van der Waals surface area contributed by atoms with E-state index in [0.717, 1.165) is 12.8 Å². The van der Waals surface area contributed by atoms with Crippen LogP contribution < -0.4 is 14.8 Å². The van der Waals surface area contributed by atoms with E-state index in [1.54, 1.807) is 38.3 Å². The zero-order chi connectivity index (χ0) is 18.6. The molecule has 2 aromatic rings. The van der Waals surface area contributed by atoms with E-state index < -0.39 is 10.0 Å². The van der Waals surface area contributed by atoms with E-state index in [1.807, 2.05) is 0 Å². The number of nitrogens with zero attached hydrogens (tertiary/aromatic N) is 2. The maximum Gasteiger partial charge on any atom is 0.263 e. The highest BCUT2D eigenvalue weighted by Crippen LogP contribution is 2.24. The number of ether oxygens (including phenoxy) is 1. The third kappa shape index (κ3) is 4.43. The molecule has 26 heavy (non-hydrogen) atoms. The quantitative estimate of drug-likeness (QED) is 0.803. The third-order valence-electron chi connectivity index (χ3n) is 4.53. The Hall–Kier alpha value is -2.35. The summed E-state index contributed by atoms with van der Waals surface area (Å²) in [5, 5.41) is 11.4. The molecule has 0 bridgehead atoms. The lowest BCUT2D eigenvalue weighted by Crippen LogP contribution is -2.23. The van der Waals surface area contributed by atoms with E-state index in [0.29, 0.717) is 23.2 Å². The molecule has 3 rings (SSSR count). The molecule has 1 aromatic heterocycles. The first-order chi connectivity index (χ1) is 12.5. The molecule has 1 heterocycles. The van der Waals surface area contributed by atoms with E-state index >= 15 is 0 Å². The van der Waals surface area contributed by atoms with E-state index in [2.05, 4.69) is 20.2 Å². The van der Waals surface area contributed by atoms with E-state index in [9.17, 15) is 8.42 Å². The molecule has 1 saturated carbocycles. The first kappa shape index (κ1) is 18.4. The Balaban J connectivity index is 1.69. The molecule has 0 radical (unpaired) electrons. The van der Waals surface area contributed by atoms with Gasteiger partial charge in [0, 0.05) is 6.04 Å². The van der Waals surface area contributed by atoms with Crippen LogP contribution in [-0.2, 0) is 10.0 Å². The Morgan fingerprint density at radius 2 is 1.73 bits per heavy atom. The summed E-state index contributed by atoms with van der Waals surface area (Å²) in [6.45, 7) is 1.72. The highest BCUT2D eigenvalue weighted by molar-refractivity contribution is 7.92. The molecule has 1 aliphatic carbocycles. The van der Waals surface area contributed by atoms with Crippen LogP contribution in [0.2, 0.25) is 0 Å². The second kappa shape index (κ2) is 7.90. The van der Waals surface area contributed by atoms with Gasteiger partial charge in [-0.3, -0.25) is 4.72 Å². The minimum absolute atomic E-state index is 0.185. The number of aromatic nitrogens is 2. The van der Waals surface area contributed by atoms with Crippen LogP contribution >= 0.6 is 0 Å². The van der Waals surface area contributed by atoms with Crippen LogP contribution in [0.15, 0.2) is 35.2 Å². The van der Waals surface area contributed by atoms with E-state index in [1.165, 1.54) is 25.3 Å². The largest absolute Gasteiger partial charge is 0.497 e. The zero-order valence-electron chi connectivity index (χ0n) is 15.0. The van der Waals surface area contributed by atoms with Crippen molar-refractivity contribution in [2.45, 2.75) is 50.0 Å². The molecule has 0 atom stereocenters. The fraction of sp³-hybridized carbons (Fsp3) is 0.444. The number of methoxy groups -OCH3 is 1. The molecule has 0 amide bonds. The lowest BCUT2D eigenvalue weighted by Gasteiger charge is -2.22. The molecule has 0 spiro atoms. The monoisotopic (exact) mass is 376 g/mol. The average Bonchev–Trinajstić information content (AvgIpc) is 2.63. The lowest BCUT2D eigenvalue weighted by atomic mass is 9.95. The molecule has 1 fully saturated rings. The molecular formula is C18H24N4O3S. The van der Waals surface area contributed by atoms with Gasteiger partial charge >= 0.3 is 0 Å². The molecule has 0 saturated heterocycles. The molecule has 0 aliphatic heterocycles. The number of benzene rings is 1. The second-order valence-electron chi connectivity index (χ2n) is 6.52. The highest BCUT2D eigenvalue weighted by atomic mass is 32.2.